The summed E-state index contributed by atoms with van der Waals surface area (Å²) in [5.74, 6) is -1.20. The molecule has 1 aromatic heterocycles. The fourth-order valence-electron chi connectivity index (χ4n) is 2.35. The highest BCUT2D eigenvalue weighted by atomic mass is 32.2. The molecule has 0 bridgehead atoms. The molecule has 0 unspecified atom stereocenters. The quantitative estimate of drug-likeness (QED) is 0.617. The SMILES string of the molecule is CSc1nc(C)c(CCC(=O)Nc2cccc(C(=O)O)c2)c(C)n1. The molecule has 0 saturated carbocycles. The molecule has 24 heavy (non-hydrogen) atoms. The van der Waals surface area contributed by atoms with Crippen LogP contribution in [-0.4, -0.2) is 33.2 Å². The molecule has 1 amide bonds. The molecule has 2 aromatic rings. The van der Waals surface area contributed by atoms with Crippen LogP contribution in [0.2, 0.25) is 0 Å². The van der Waals surface area contributed by atoms with E-state index >= 15 is 0 Å². The van der Waals surface area contributed by atoms with Crippen LogP contribution >= 0.6 is 11.8 Å². The summed E-state index contributed by atoms with van der Waals surface area (Å²) in [6.45, 7) is 3.83. The maximum Gasteiger partial charge on any atom is 0.335 e. The minimum Gasteiger partial charge on any atom is -0.478 e. The van der Waals surface area contributed by atoms with Crippen LogP contribution in [0.5, 0.6) is 0 Å². The van der Waals surface area contributed by atoms with Crippen LogP contribution in [0.25, 0.3) is 0 Å². The molecule has 6 nitrogen and oxygen atoms in total. The van der Waals surface area contributed by atoms with Crippen LogP contribution in [0, 0.1) is 13.8 Å². The van der Waals surface area contributed by atoms with Crippen LogP contribution < -0.4 is 5.32 Å². The Labute approximate surface area is 144 Å². The Kier molecular flexibility index (Phi) is 5.92. The van der Waals surface area contributed by atoms with E-state index in [4.69, 9.17) is 5.11 Å². The third-order valence-corrected chi connectivity index (χ3v) is 4.13. The first-order valence-corrected chi connectivity index (χ1v) is 8.64. The van der Waals surface area contributed by atoms with E-state index < -0.39 is 5.97 Å². The minimum atomic E-state index is -1.02. The number of rotatable bonds is 6. The van der Waals surface area contributed by atoms with Gasteiger partial charge in [-0.05, 0) is 50.3 Å². The van der Waals surface area contributed by atoms with Gasteiger partial charge in [0.05, 0.1) is 5.56 Å². The van der Waals surface area contributed by atoms with E-state index in [1.54, 1.807) is 12.1 Å². The lowest BCUT2D eigenvalue weighted by atomic mass is 10.1. The number of carbonyl (C=O) groups is 2. The van der Waals surface area contributed by atoms with Crippen LogP contribution in [0.3, 0.4) is 0 Å². The van der Waals surface area contributed by atoms with Crippen LogP contribution in [0.15, 0.2) is 29.4 Å². The fourth-order valence-corrected chi connectivity index (χ4v) is 2.81. The Bertz CT molecular complexity index is 754. The van der Waals surface area contributed by atoms with Gasteiger partial charge in [0.2, 0.25) is 5.91 Å². The zero-order valence-electron chi connectivity index (χ0n) is 13.8. The van der Waals surface area contributed by atoms with E-state index in [1.165, 1.54) is 23.9 Å². The largest absolute Gasteiger partial charge is 0.478 e. The number of carboxylic acids is 1. The lowest BCUT2D eigenvalue weighted by molar-refractivity contribution is -0.116. The van der Waals surface area contributed by atoms with Crippen molar-refractivity contribution in [2.75, 3.05) is 11.6 Å². The third-order valence-electron chi connectivity index (χ3n) is 3.58. The molecule has 2 rings (SSSR count). The van der Waals surface area contributed by atoms with Crippen molar-refractivity contribution >= 4 is 29.3 Å². The number of carbonyl (C=O) groups excluding carboxylic acids is 1. The Morgan fingerprint density at radius 3 is 2.46 bits per heavy atom. The molecule has 126 valence electrons. The Morgan fingerprint density at radius 2 is 1.88 bits per heavy atom. The summed E-state index contributed by atoms with van der Waals surface area (Å²) in [6.07, 6.45) is 2.74. The molecule has 0 aliphatic carbocycles. The second kappa shape index (κ2) is 7.92. The first-order chi connectivity index (χ1) is 11.4. The summed E-state index contributed by atoms with van der Waals surface area (Å²) in [5.41, 5.74) is 3.35. The monoisotopic (exact) mass is 345 g/mol. The van der Waals surface area contributed by atoms with Gasteiger partial charge in [-0.3, -0.25) is 4.79 Å². The molecule has 1 heterocycles. The summed E-state index contributed by atoms with van der Waals surface area (Å²) in [7, 11) is 0. The van der Waals surface area contributed by atoms with E-state index in [0.29, 0.717) is 12.1 Å². The fraction of sp³-hybridized carbons (Fsp3) is 0.294. The summed E-state index contributed by atoms with van der Waals surface area (Å²) in [4.78, 5) is 31.9. The molecule has 0 fully saturated rings. The number of thioether (sulfide) groups is 1. The van der Waals surface area contributed by atoms with Crippen molar-refractivity contribution in [3.8, 4) is 0 Å². The predicted octanol–water partition coefficient (Wildman–Crippen LogP) is 3.08. The molecular weight excluding hydrogens is 326 g/mol. The van der Waals surface area contributed by atoms with Crippen molar-refractivity contribution in [3.63, 3.8) is 0 Å². The van der Waals surface area contributed by atoms with Gasteiger partial charge in [-0.2, -0.15) is 0 Å². The normalized spacial score (nSPS) is 10.5. The van der Waals surface area contributed by atoms with Crippen molar-refractivity contribution in [2.45, 2.75) is 31.8 Å². The predicted molar refractivity (Wildman–Crippen MR) is 93.6 cm³/mol. The number of nitrogens with zero attached hydrogens (tertiary/aromatic N) is 2. The van der Waals surface area contributed by atoms with Crippen LogP contribution in [0.1, 0.15) is 33.7 Å². The van der Waals surface area contributed by atoms with E-state index in [9.17, 15) is 9.59 Å². The Balaban J connectivity index is 2.01. The topological polar surface area (TPSA) is 92.2 Å². The zero-order chi connectivity index (χ0) is 17.7. The van der Waals surface area contributed by atoms with E-state index in [-0.39, 0.29) is 17.9 Å². The molecule has 0 atom stereocenters. The van der Waals surface area contributed by atoms with Crippen molar-refractivity contribution in [1.29, 1.82) is 0 Å². The van der Waals surface area contributed by atoms with Gasteiger partial charge in [0.1, 0.15) is 0 Å². The molecule has 0 radical (unpaired) electrons. The second-order valence-electron chi connectivity index (χ2n) is 5.29. The second-order valence-corrected chi connectivity index (χ2v) is 6.07. The summed E-state index contributed by atoms with van der Waals surface area (Å²) in [5, 5.41) is 12.4. The van der Waals surface area contributed by atoms with Crippen LogP contribution in [0.4, 0.5) is 5.69 Å². The standard InChI is InChI=1S/C17H19N3O3S/c1-10-14(11(2)19-17(18-10)24-3)7-8-15(21)20-13-6-4-5-12(9-13)16(22)23/h4-6,9H,7-8H2,1-3H3,(H,20,21)(H,22,23). The molecule has 0 aliphatic heterocycles. The maximum atomic E-state index is 12.1. The molecule has 0 saturated heterocycles. The minimum absolute atomic E-state index is 0.139. The summed E-state index contributed by atoms with van der Waals surface area (Å²) >= 11 is 1.49. The highest BCUT2D eigenvalue weighted by Gasteiger charge is 2.11. The number of carboxylic acid groups (broad SMARTS) is 1. The van der Waals surface area contributed by atoms with Gasteiger partial charge in [0, 0.05) is 23.5 Å². The number of amides is 1. The van der Waals surface area contributed by atoms with E-state index in [1.807, 2.05) is 20.1 Å². The van der Waals surface area contributed by atoms with Gasteiger partial charge in [0.15, 0.2) is 5.16 Å². The lowest BCUT2D eigenvalue weighted by Gasteiger charge is -2.10. The zero-order valence-corrected chi connectivity index (χ0v) is 14.6. The van der Waals surface area contributed by atoms with Crippen molar-refractivity contribution in [1.82, 2.24) is 9.97 Å². The highest BCUT2D eigenvalue weighted by molar-refractivity contribution is 7.98. The lowest BCUT2D eigenvalue weighted by Crippen LogP contribution is -2.14. The Morgan fingerprint density at radius 1 is 1.21 bits per heavy atom. The van der Waals surface area contributed by atoms with Crippen molar-refractivity contribution in [2.24, 2.45) is 0 Å². The average Bonchev–Trinajstić information content (AvgIpc) is 2.54. The van der Waals surface area contributed by atoms with E-state index in [0.717, 1.165) is 22.1 Å². The van der Waals surface area contributed by atoms with Crippen LogP contribution in [-0.2, 0) is 11.2 Å². The first kappa shape index (κ1) is 17.9. The molecule has 0 spiro atoms. The number of aryl methyl sites for hydroxylation is 2. The average molecular weight is 345 g/mol. The third kappa shape index (κ3) is 4.55. The molecule has 2 N–H and O–H groups in total. The molecule has 7 heteroatoms. The van der Waals surface area contributed by atoms with Gasteiger partial charge >= 0.3 is 5.97 Å². The number of nitrogens with one attached hydrogen (secondary N) is 1. The number of hydrogen-bond acceptors (Lipinski definition) is 5. The number of benzene rings is 1. The molecule has 1 aromatic carbocycles. The first-order valence-electron chi connectivity index (χ1n) is 7.42. The van der Waals surface area contributed by atoms with Gasteiger partial charge in [-0.25, -0.2) is 14.8 Å². The van der Waals surface area contributed by atoms with E-state index in [2.05, 4.69) is 15.3 Å². The van der Waals surface area contributed by atoms with Gasteiger partial charge in [-0.15, -0.1) is 0 Å². The van der Waals surface area contributed by atoms with Crippen molar-refractivity contribution < 1.29 is 14.7 Å². The smallest absolute Gasteiger partial charge is 0.335 e. The number of aromatic nitrogens is 2. The molecule has 0 aliphatic rings. The number of anilines is 1. The molecular formula is C17H19N3O3S. The van der Waals surface area contributed by atoms with Gasteiger partial charge in [0.25, 0.3) is 0 Å². The number of aromatic carboxylic acids is 1. The number of hydrogen-bond donors (Lipinski definition) is 2. The Hall–Kier alpha value is -2.41. The van der Waals surface area contributed by atoms with Crippen molar-refractivity contribution in [3.05, 3.63) is 46.8 Å². The summed E-state index contributed by atoms with van der Waals surface area (Å²) in [6, 6.07) is 6.18. The van der Waals surface area contributed by atoms with Gasteiger partial charge < -0.3 is 10.4 Å². The van der Waals surface area contributed by atoms with Gasteiger partial charge in [-0.1, -0.05) is 17.8 Å². The summed E-state index contributed by atoms with van der Waals surface area (Å²) < 4.78 is 0. The highest BCUT2D eigenvalue weighted by Crippen LogP contribution is 2.18. The maximum absolute atomic E-state index is 12.1.